The van der Waals surface area contributed by atoms with Crippen LogP contribution < -0.4 is 5.73 Å². The molecule has 112 valence electrons. The summed E-state index contributed by atoms with van der Waals surface area (Å²) in [5, 5.41) is 13.2. The van der Waals surface area contributed by atoms with E-state index in [1.165, 1.54) is 11.8 Å². The minimum atomic E-state index is -0.989. The highest BCUT2D eigenvalue weighted by atomic mass is 35.5. The summed E-state index contributed by atoms with van der Waals surface area (Å²) >= 11 is 7.41. The number of rotatable bonds is 7. The second-order valence-electron chi connectivity index (χ2n) is 4.31. The van der Waals surface area contributed by atoms with Crippen molar-refractivity contribution < 1.29 is 14.4 Å². The van der Waals surface area contributed by atoms with E-state index in [1.54, 1.807) is 12.1 Å². The number of halogens is 1. The summed E-state index contributed by atoms with van der Waals surface area (Å²) in [4.78, 5) is 14.8. The Kier molecular flexibility index (Phi) is 5.60. The average molecular weight is 328 g/mol. The summed E-state index contributed by atoms with van der Waals surface area (Å²) in [6.07, 6.45) is 0.398. The molecule has 21 heavy (non-hydrogen) atoms. The third kappa shape index (κ3) is 4.73. The molecule has 0 fully saturated rings. The Bertz CT molecular complexity index is 620. The molecule has 3 N–H and O–H groups in total. The largest absolute Gasteiger partial charge is 0.480 e. The van der Waals surface area contributed by atoms with Gasteiger partial charge in [0.2, 0.25) is 11.7 Å². The van der Waals surface area contributed by atoms with Gasteiger partial charge >= 0.3 is 5.97 Å². The Morgan fingerprint density at radius 2 is 2.33 bits per heavy atom. The van der Waals surface area contributed by atoms with Crippen LogP contribution in [0.5, 0.6) is 0 Å². The van der Waals surface area contributed by atoms with Crippen molar-refractivity contribution in [1.29, 1.82) is 0 Å². The molecule has 1 aromatic carbocycles. The lowest BCUT2D eigenvalue weighted by Gasteiger charge is -2.03. The monoisotopic (exact) mass is 327 g/mol. The lowest BCUT2D eigenvalue weighted by atomic mass is 10.2. The van der Waals surface area contributed by atoms with E-state index in [0.717, 1.165) is 5.56 Å². The number of nitrogens with two attached hydrogens (primary N) is 1. The van der Waals surface area contributed by atoms with E-state index in [0.29, 0.717) is 34.7 Å². The fourth-order valence-electron chi connectivity index (χ4n) is 1.55. The SMILES string of the molecule is NC(CCSCc1nc(-c2cccc(Cl)c2)no1)C(=O)O. The summed E-state index contributed by atoms with van der Waals surface area (Å²) < 4.78 is 5.14. The predicted octanol–water partition coefficient (Wildman–Crippen LogP) is 2.43. The molecule has 1 unspecified atom stereocenters. The van der Waals surface area contributed by atoms with E-state index < -0.39 is 12.0 Å². The molecule has 0 bridgehead atoms. The Hall–Kier alpha value is -1.57. The number of thioether (sulfide) groups is 1. The molecule has 0 saturated carbocycles. The molecule has 0 amide bonds. The lowest BCUT2D eigenvalue weighted by molar-refractivity contribution is -0.138. The van der Waals surface area contributed by atoms with Gasteiger partial charge in [0.15, 0.2) is 0 Å². The van der Waals surface area contributed by atoms with E-state index in [1.807, 2.05) is 12.1 Å². The number of hydrogen-bond donors (Lipinski definition) is 2. The van der Waals surface area contributed by atoms with Gasteiger partial charge in [-0.25, -0.2) is 0 Å². The summed E-state index contributed by atoms with van der Waals surface area (Å²) in [6, 6.07) is 6.36. The Morgan fingerprint density at radius 3 is 3.05 bits per heavy atom. The number of aliphatic carboxylic acids is 1. The van der Waals surface area contributed by atoms with E-state index in [-0.39, 0.29) is 0 Å². The lowest BCUT2D eigenvalue weighted by Crippen LogP contribution is -2.30. The molecule has 0 spiro atoms. The number of carboxylic acid groups (broad SMARTS) is 1. The van der Waals surface area contributed by atoms with Crippen LogP contribution in [-0.2, 0) is 10.5 Å². The van der Waals surface area contributed by atoms with Crippen molar-refractivity contribution in [3.63, 3.8) is 0 Å². The number of carbonyl (C=O) groups is 1. The smallest absolute Gasteiger partial charge is 0.320 e. The first-order valence-electron chi connectivity index (χ1n) is 6.21. The Balaban J connectivity index is 1.85. The highest BCUT2D eigenvalue weighted by Crippen LogP contribution is 2.21. The van der Waals surface area contributed by atoms with Crippen LogP contribution in [0.15, 0.2) is 28.8 Å². The van der Waals surface area contributed by atoms with Crippen LogP contribution in [0.25, 0.3) is 11.4 Å². The van der Waals surface area contributed by atoms with Crippen LogP contribution in [0, 0.1) is 0 Å². The number of carboxylic acids is 1. The number of aromatic nitrogens is 2. The molecular weight excluding hydrogens is 314 g/mol. The molecule has 0 radical (unpaired) electrons. The zero-order valence-corrected chi connectivity index (χ0v) is 12.6. The molecule has 0 aliphatic heterocycles. The van der Waals surface area contributed by atoms with Crippen molar-refractivity contribution in [3.8, 4) is 11.4 Å². The van der Waals surface area contributed by atoms with Gasteiger partial charge in [-0.3, -0.25) is 4.79 Å². The van der Waals surface area contributed by atoms with Crippen LogP contribution in [-0.4, -0.2) is 33.0 Å². The second kappa shape index (κ2) is 7.44. The zero-order valence-electron chi connectivity index (χ0n) is 11.0. The summed E-state index contributed by atoms with van der Waals surface area (Å²) in [6.45, 7) is 0. The van der Waals surface area contributed by atoms with Crippen molar-refractivity contribution in [1.82, 2.24) is 10.1 Å². The first kappa shape index (κ1) is 15.8. The van der Waals surface area contributed by atoms with Gasteiger partial charge in [-0.05, 0) is 24.3 Å². The highest BCUT2D eigenvalue weighted by Gasteiger charge is 2.12. The summed E-state index contributed by atoms with van der Waals surface area (Å²) in [5.41, 5.74) is 6.20. The van der Waals surface area contributed by atoms with Crippen LogP contribution in [0.4, 0.5) is 0 Å². The molecule has 0 aliphatic rings. The third-order valence-electron chi connectivity index (χ3n) is 2.67. The van der Waals surface area contributed by atoms with Gasteiger partial charge in [0.25, 0.3) is 0 Å². The predicted molar refractivity (Wildman–Crippen MR) is 81.1 cm³/mol. The number of benzene rings is 1. The third-order valence-corrected chi connectivity index (χ3v) is 3.88. The Morgan fingerprint density at radius 1 is 1.52 bits per heavy atom. The summed E-state index contributed by atoms with van der Waals surface area (Å²) in [7, 11) is 0. The highest BCUT2D eigenvalue weighted by molar-refractivity contribution is 7.98. The van der Waals surface area contributed by atoms with Gasteiger partial charge in [0, 0.05) is 10.6 Å². The topological polar surface area (TPSA) is 102 Å². The van der Waals surface area contributed by atoms with Crippen LogP contribution in [0.3, 0.4) is 0 Å². The number of hydrogen-bond acceptors (Lipinski definition) is 6. The quantitative estimate of drug-likeness (QED) is 0.753. The normalized spacial score (nSPS) is 12.3. The number of nitrogens with zero attached hydrogens (tertiary/aromatic N) is 2. The van der Waals surface area contributed by atoms with E-state index >= 15 is 0 Å². The molecule has 2 aromatic rings. The fraction of sp³-hybridized carbons (Fsp3) is 0.308. The summed E-state index contributed by atoms with van der Waals surface area (Å²) in [5.74, 6) is 1.10. The van der Waals surface area contributed by atoms with Crippen LogP contribution >= 0.6 is 23.4 Å². The Labute approximate surface area is 130 Å². The van der Waals surface area contributed by atoms with E-state index in [4.69, 9.17) is 27.0 Å². The van der Waals surface area contributed by atoms with Gasteiger partial charge in [0.05, 0.1) is 5.75 Å². The fourth-order valence-corrected chi connectivity index (χ4v) is 2.60. The minimum absolute atomic E-state index is 0.398. The van der Waals surface area contributed by atoms with Crippen molar-refractivity contribution in [2.45, 2.75) is 18.2 Å². The van der Waals surface area contributed by atoms with E-state index in [9.17, 15) is 4.79 Å². The van der Waals surface area contributed by atoms with Gasteiger partial charge in [-0.2, -0.15) is 16.7 Å². The van der Waals surface area contributed by atoms with Gasteiger partial charge in [0.1, 0.15) is 6.04 Å². The van der Waals surface area contributed by atoms with Crippen molar-refractivity contribution in [3.05, 3.63) is 35.2 Å². The maximum atomic E-state index is 10.6. The minimum Gasteiger partial charge on any atom is -0.480 e. The van der Waals surface area contributed by atoms with E-state index in [2.05, 4.69) is 10.1 Å². The van der Waals surface area contributed by atoms with Crippen molar-refractivity contribution in [2.75, 3.05) is 5.75 Å². The maximum absolute atomic E-state index is 10.6. The average Bonchev–Trinajstić information content (AvgIpc) is 2.92. The molecule has 0 saturated heterocycles. The molecule has 1 aromatic heterocycles. The molecule has 6 nitrogen and oxygen atoms in total. The molecular formula is C13H14ClN3O3S. The first-order chi connectivity index (χ1) is 10.1. The molecule has 1 atom stereocenters. The maximum Gasteiger partial charge on any atom is 0.320 e. The molecule has 8 heteroatoms. The van der Waals surface area contributed by atoms with Crippen LogP contribution in [0.2, 0.25) is 5.02 Å². The molecule has 1 heterocycles. The van der Waals surface area contributed by atoms with Crippen molar-refractivity contribution in [2.24, 2.45) is 5.73 Å². The standard InChI is InChI=1S/C13H14ClN3O3S/c14-9-3-1-2-8(6-9)12-16-11(20-17-12)7-21-5-4-10(15)13(18)19/h1-3,6,10H,4-5,7,15H2,(H,18,19). The van der Waals surface area contributed by atoms with Gasteiger partial charge in [-0.15, -0.1) is 0 Å². The second-order valence-corrected chi connectivity index (χ2v) is 5.85. The van der Waals surface area contributed by atoms with Crippen molar-refractivity contribution >= 4 is 29.3 Å². The first-order valence-corrected chi connectivity index (χ1v) is 7.74. The van der Waals surface area contributed by atoms with Gasteiger partial charge < -0.3 is 15.4 Å². The molecule has 0 aliphatic carbocycles. The zero-order chi connectivity index (χ0) is 15.2. The van der Waals surface area contributed by atoms with Gasteiger partial charge in [-0.1, -0.05) is 28.9 Å². The van der Waals surface area contributed by atoms with Crippen LogP contribution in [0.1, 0.15) is 12.3 Å². The molecule has 2 rings (SSSR count).